The molecular formula is C26H29FN4O4. The van der Waals surface area contributed by atoms with E-state index in [0.717, 1.165) is 5.56 Å². The number of amides is 3. The largest absolute Gasteiger partial charge is 0.463 e. The molecule has 1 atom stereocenters. The maximum atomic E-state index is 14.1. The summed E-state index contributed by atoms with van der Waals surface area (Å²) in [6.07, 6.45) is 0. The summed E-state index contributed by atoms with van der Waals surface area (Å²) in [5, 5.41) is 2.91. The van der Waals surface area contributed by atoms with Crippen molar-refractivity contribution in [2.45, 2.75) is 13.0 Å². The first-order chi connectivity index (χ1) is 16.9. The summed E-state index contributed by atoms with van der Waals surface area (Å²) < 4.78 is 19.4. The molecule has 2 aromatic carbocycles. The second-order valence-corrected chi connectivity index (χ2v) is 8.48. The van der Waals surface area contributed by atoms with Crippen molar-refractivity contribution < 1.29 is 23.5 Å². The van der Waals surface area contributed by atoms with Gasteiger partial charge < -0.3 is 15.0 Å². The third-order valence-electron chi connectivity index (χ3n) is 6.34. The maximum Gasteiger partial charge on any atom is 0.338 e. The topological polar surface area (TPSA) is 82.2 Å². The number of benzene rings is 2. The van der Waals surface area contributed by atoms with Gasteiger partial charge in [-0.1, -0.05) is 42.5 Å². The Balaban J connectivity index is 1.55. The smallest absolute Gasteiger partial charge is 0.338 e. The number of piperazine rings is 1. The summed E-state index contributed by atoms with van der Waals surface area (Å²) in [4.78, 5) is 43.8. The Morgan fingerprint density at radius 2 is 1.69 bits per heavy atom. The van der Waals surface area contributed by atoms with Gasteiger partial charge in [0.25, 0.3) is 5.91 Å². The fourth-order valence-corrected chi connectivity index (χ4v) is 4.42. The molecule has 1 fully saturated rings. The predicted molar refractivity (Wildman–Crippen MR) is 128 cm³/mol. The molecule has 0 aliphatic carbocycles. The van der Waals surface area contributed by atoms with E-state index in [9.17, 15) is 18.8 Å². The normalized spacial score (nSPS) is 18.9. The first-order valence-corrected chi connectivity index (χ1v) is 11.7. The SMILES string of the molecule is CCOC(=O)C1=C(CN2CCN(C(=O)c3ccccc3F)CC2)N(C)C(=O)N[C@@H]1c1ccccc1. The average molecular weight is 481 g/mol. The van der Waals surface area contributed by atoms with Crippen molar-refractivity contribution in [2.75, 3.05) is 46.4 Å². The molecule has 1 N–H and O–H groups in total. The number of likely N-dealkylation sites (N-methyl/N-ethyl adjacent to an activating group) is 1. The minimum atomic E-state index is -0.627. The molecule has 35 heavy (non-hydrogen) atoms. The summed E-state index contributed by atoms with van der Waals surface area (Å²) in [5.41, 5.74) is 1.80. The van der Waals surface area contributed by atoms with Crippen molar-refractivity contribution in [2.24, 2.45) is 0 Å². The van der Waals surface area contributed by atoms with Crippen LogP contribution in [0.2, 0.25) is 0 Å². The first kappa shape index (κ1) is 24.4. The summed E-state index contributed by atoms with van der Waals surface area (Å²) in [6.45, 7) is 4.15. The second-order valence-electron chi connectivity index (χ2n) is 8.48. The lowest BCUT2D eigenvalue weighted by molar-refractivity contribution is -0.139. The van der Waals surface area contributed by atoms with Gasteiger partial charge in [0.1, 0.15) is 5.82 Å². The number of carbonyl (C=O) groups is 3. The molecule has 0 radical (unpaired) electrons. The number of rotatable bonds is 6. The molecule has 4 rings (SSSR count). The van der Waals surface area contributed by atoms with Gasteiger partial charge in [-0.25, -0.2) is 14.0 Å². The molecule has 0 aromatic heterocycles. The number of carbonyl (C=O) groups excluding carboxylic acids is 3. The van der Waals surface area contributed by atoms with Crippen LogP contribution < -0.4 is 5.32 Å². The highest BCUT2D eigenvalue weighted by Crippen LogP contribution is 2.31. The molecule has 2 aromatic rings. The standard InChI is InChI=1S/C26H29FN4O4/c1-3-35-25(33)22-21(29(2)26(34)28-23(22)18-9-5-4-6-10-18)17-30-13-15-31(16-14-30)24(32)19-11-7-8-12-20(19)27/h4-12,23H,3,13-17H2,1-2H3,(H,28,34)/t23-/m1/s1. The van der Waals surface area contributed by atoms with Crippen LogP contribution in [0.25, 0.3) is 0 Å². The zero-order valence-electron chi connectivity index (χ0n) is 19.9. The van der Waals surface area contributed by atoms with Crippen molar-refractivity contribution >= 4 is 17.9 Å². The molecule has 9 heteroatoms. The van der Waals surface area contributed by atoms with Crippen LogP contribution in [0.5, 0.6) is 0 Å². The van der Waals surface area contributed by atoms with E-state index in [1.54, 1.807) is 31.0 Å². The number of nitrogens with zero attached hydrogens (tertiary/aromatic N) is 3. The number of halogens is 1. The van der Waals surface area contributed by atoms with E-state index in [-0.39, 0.29) is 24.1 Å². The summed E-state index contributed by atoms with van der Waals surface area (Å²) in [5.74, 6) is -1.35. The van der Waals surface area contributed by atoms with Crippen molar-refractivity contribution in [1.82, 2.24) is 20.0 Å². The molecule has 0 saturated carbocycles. The summed E-state index contributed by atoms with van der Waals surface area (Å²) in [6, 6.07) is 14.3. The van der Waals surface area contributed by atoms with Gasteiger partial charge >= 0.3 is 12.0 Å². The van der Waals surface area contributed by atoms with Gasteiger partial charge in [-0.2, -0.15) is 0 Å². The number of hydrogen-bond acceptors (Lipinski definition) is 5. The molecule has 3 amide bonds. The van der Waals surface area contributed by atoms with Gasteiger partial charge in [0.15, 0.2) is 0 Å². The van der Waals surface area contributed by atoms with E-state index in [0.29, 0.717) is 44.0 Å². The Kier molecular flexibility index (Phi) is 7.45. The van der Waals surface area contributed by atoms with Crippen LogP contribution in [0.1, 0.15) is 28.9 Å². The van der Waals surface area contributed by atoms with Crippen LogP contribution in [0.4, 0.5) is 9.18 Å². The zero-order valence-corrected chi connectivity index (χ0v) is 19.9. The molecule has 184 valence electrons. The van der Waals surface area contributed by atoms with Crippen LogP contribution in [0, 0.1) is 5.82 Å². The van der Waals surface area contributed by atoms with Crippen molar-refractivity contribution in [3.8, 4) is 0 Å². The maximum absolute atomic E-state index is 14.1. The van der Waals surface area contributed by atoms with E-state index < -0.39 is 17.8 Å². The molecular weight excluding hydrogens is 451 g/mol. The predicted octanol–water partition coefficient (Wildman–Crippen LogP) is 2.80. The molecule has 0 bridgehead atoms. The second kappa shape index (κ2) is 10.7. The average Bonchev–Trinajstić information content (AvgIpc) is 2.87. The fraction of sp³-hybridized carbons (Fsp3) is 0.346. The van der Waals surface area contributed by atoms with Crippen molar-refractivity contribution in [1.29, 1.82) is 0 Å². The van der Waals surface area contributed by atoms with Crippen molar-refractivity contribution in [3.63, 3.8) is 0 Å². The van der Waals surface area contributed by atoms with Gasteiger partial charge in [0, 0.05) is 45.5 Å². The summed E-state index contributed by atoms with van der Waals surface area (Å²) >= 11 is 0. The highest BCUT2D eigenvalue weighted by molar-refractivity contribution is 5.95. The fourth-order valence-electron chi connectivity index (χ4n) is 4.42. The Morgan fingerprint density at radius 3 is 2.34 bits per heavy atom. The highest BCUT2D eigenvalue weighted by Gasteiger charge is 2.37. The molecule has 8 nitrogen and oxygen atoms in total. The van der Waals surface area contributed by atoms with Crippen LogP contribution in [-0.2, 0) is 9.53 Å². The molecule has 2 aliphatic rings. The number of urea groups is 1. The van der Waals surface area contributed by atoms with Gasteiger partial charge in [-0.3, -0.25) is 14.6 Å². The number of hydrogen-bond donors (Lipinski definition) is 1. The Hall–Kier alpha value is -3.72. The summed E-state index contributed by atoms with van der Waals surface area (Å²) in [7, 11) is 1.63. The lowest BCUT2D eigenvalue weighted by Gasteiger charge is -2.39. The number of ether oxygens (including phenoxy) is 1. The van der Waals surface area contributed by atoms with E-state index >= 15 is 0 Å². The molecule has 0 unspecified atom stereocenters. The van der Waals surface area contributed by atoms with Crippen molar-refractivity contribution in [3.05, 3.63) is 82.8 Å². The molecule has 2 heterocycles. The Morgan fingerprint density at radius 1 is 1.03 bits per heavy atom. The Labute approximate surface area is 203 Å². The Bertz CT molecular complexity index is 1130. The number of nitrogens with one attached hydrogen (secondary N) is 1. The molecule has 1 saturated heterocycles. The quantitative estimate of drug-likeness (QED) is 0.643. The van der Waals surface area contributed by atoms with Crippen LogP contribution >= 0.6 is 0 Å². The minimum Gasteiger partial charge on any atom is -0.463 e. The van der Waals surface area contributed by atoms with Crippen LogP contribution in [0.15, 0.2) is 65.9 Å². The monoisotopic (exact) mass is 480 g/mol. The van der Waals surface area contributed by atoms with Gasteiger partial charge in [-0.15, -0.1) is 0 Å². The minimum absolute atomic E-state index is 0.0580. The highest BCUT2D eigenvalue weighted by atomic mass is 19.1. The molecule has 2 aliphatic heterocycles. The van der Waals surface area contributed by atoms with E-state index in [1.807, 2.05) is 30.3 Å². The van der Waals surface area contributed by atoms with E-state index in [1.165, 1.54) is 17.0 Å². The van der Waals surface area contributed by atoms with Gasteiger partial charge in [-0.05, 0) is 24.6 Å². The van der Waals surface area contributed by atoms with E-state index in [4.69, 9.17) is 4.74 Å². The van der Waals surface area contributed by atoms with E-state index in [2.05, 4.69) is 10.2 Å². The van der Waals surface area contributed by atoms with Crippen LogP contribution in [0.3, 0.4) is 0 Å². The lowest BCUT2D eigenvalue weighted by Crippen LogP contribution is -2.53. The zero-order chi connectivity index (χ0) is 24.9. The lowest BCUT2D eigenvalue weighted by atomic mass is 9.94. The number of esters is 1. The van der Waals surface area contributed by atoms with Gasteiger partial charge in [0.2, 0.25) is 0 Å². The third-order valence-corrected chi connectivity index (χ3v) is 6.34. The van der Waals surface area contributed by atoms with Gasteiger partial charge in [0.05, 0.1) is 23.8 Å². The van der Waals surface area contributed by atoms with Crippen LogP contribution in [-0.4, -0.2) is 79.0 Å². The third kappa shape index (κ3) is 5.19. The first-order valence-electron chi connectivity index (χ1n) is 11.7. The molecule has 0 spiro atoms.